The highest BCUT2D eigenvalue weighted by Gasteiger charge is 2.20. The molecule has 0 spiro atoms. The van der Waals surface area contributed by atoms with Crippen molar-refractivity contribution in [2.45, 2.75) is 0 Å². The molecular weight excluding hydrogens is 258 g/mol. The third-order valence-electron chi connectivity index (χ3n) is 2.22. The highest BCUT2D eigenvalue weighted by atomic mass is 32.1. The highest BCUT2D eigenvalue weighted by molar-refractivity contribution is 7.80. The first-order valence-electron chi connectivity index (χ1n) is 4.77. The van der Waals surface area contributed by atoms with Gasteiger partial charge in [-0.1, -0.05) is 6.07 Å². The lowest BCUT2D eigenvalue weighted by Crippen LogP contribution is -2.21. The number of nitro benzene ring substituents is 1. The fourth-order valence-electron chi connectivity index (χ4n) is 1.40. The molecule has 2 N–H and O–H groups in total. The second-order valence-electron chi connectivity index (χ2n) is 3.45. The first kappa shape index (κ1) is 12.0. The number of carbonyl (C=O) groups excluding carboxylic acids is 1. The van der Waals surface area contributed by atoms with E-state index in [2.05, 4.69) is 10.6 Å². The Hall–Kier alpha value is -2.48. The van der Waals surface area contributed by atoms with Gasteiger partial charge in [-0.3, -0.25) is 20.2 Å². The Morgan fingerprint density at radius 3 is 2.61 bits per heavy atom. The summed E-state index contributed by atoms with van der Waals surface area (Å²) in [5.74, 6) is -0.897. The lowest BCUT2D eigenvalue weighted by Gasteiger charge is -2.09. The monoisotopic (exact) mass is 264 g/mol. The maximum atomic E-state index is 11.5. The van der Waals surface area contributed by atoms with E-state index in [4.69, 9.17) is 12.2 Å². The van der Waals surface area contributed by atoms with Gasteiger partial charge in [-0.15, -0.1) is 5.75 Å². The summed E-state index contributed by atoms with van der Waals surface area (Å²) in [6.45, 7) is 0. The predicted molar refractivity (Wildman–Crippen MR) is 64.4 cm³/mol. The minimum Gasteiger partial charge on any atom is -0.872 e. The molecule has 1 aromatic rings. The van der Waals surface area contributed by atoms with Gasteiger partial charge < -0.3 is 10.4 Å². The lowest BCUT2D eigenvalue weighted by atomic mass is 10.1. The Labute approximate surface area is 106 Å². The van der Waals surface area contributed by atoms with Crippen molar-refractivity contribution >= 4 is 35.0 Å². The Kier molecular flexibility index (Phi) is 2.94. The molecule has 1 aromatic carbocycles. The number of nitrogens with one attached hydrogen (secondary N) is 2. The molecule has 2 rings (SSSR count). The summed E-state index contributed by atoms with van der Waals surface area (Å²) >= 11 is 4.72. The summed E-state index contributed by atoms with van der Waals surface area (Å²) in [5, 5.41) is 27.1. The van der Waals surface area contributed by atoms with Gasteiger partial charge in [0.05, 0.1) is 4.92 Å². The molecule has 1 amide bonds. The topological polar surface area (TPSA) is 107 Å². The summed E-state index contributed by atoms with van der Waals surface area (Å²) in [6.07, 6.45) is 1.23. The smallest absolute Gasteiger partial charge is 0.273 e. The predicted octanol–water partition coefficient (Wildman–Crippen LogP) is 0.0136. The number of rotatable bonds is 2. The molecule has 1 saturated heterocycles. The summed E-state index contributed by atoms with van der Waals surface area (Å²) in [5.41, 5.74) is -0.0911. The van der Waals surface area contributed by atoms with E-state index < -0.39 is 16.6 Å². The van der Waals surface area contributed by atoms with Gasteiger partial charge in [0.25, 0.3) is 11.6 Å². The van der Waals surface area contributed by atoms with Crippen molar-refractivity contribution in [2.75, 3.05) is 0 Å². The number of thiocarbonyl (C=S) groups is 1. The van der Waals surface area contributed by atoms with Crippen LogP contribution < -0.4 is 15.7 Å². The maximum absolute atomic E-state index is 11.5. The van der Waals surface area contributed by atoms with Gasteiger partial charge in [0, 0.05) is 12.1 Å². The van der Waals surface area contributed by atoms with Crippen LogP contribution in [0.3, 0.4) is 0 Å². The average Bonchev–Trinajstić information content (AvgIpc) is 2.60. The molecule has 0 saturated carbocycles. The van der Waals surface area contributed by atoms with Gasteiger partial charge in [-0.05, 0) is 23.9 Å². The Bertz CT molecular complexity index is 597. The fourth-order valence-corrected chi connectivity index (χ4v) is 1.60. The van der Waals surface area contributed by atoms with Crippen molar-refractivity contribution in [2.24, 2.45) is 0 Å². The molecular formula is C10H6N3O4S-. The largest absolute Gasteiger partial charge is 0.872 e. The van der Waals surface area contributed by atoms with Gasteiger partial charge in [-0.2, -0.15) is 0 Å². The van der Waals surface area contributed by atoms with Crippen molar-refractivity contribution < 1.29 is 14.8 Å². The fraction of sp³-hybridized carbons (Fsp3) is 0. The molecule has 0 aliphatic carbocycles. The van der Waals surface area contributed by atoms with Crippen LogP contribution in [-0.4, -0.2) is 15.9 Å². The van der Waals surface area contributed by atoms with Crippen molar-refractivity contribution in [1.82, 2.24) is 10.6 Å². The second-order valence-corrected chi connectivity index (χ2v) is 3.85. The van der Waals surface area contributed by atoms with Crippen LogP contribution >= 0.6 is 12.2 Å². The average molecular weight is 264 g/mol. The third-order valence-corrected chi connectivity index (χ3v) is 2.43. The normalized spacial score (nSPS) is 16.6. The molecule has 92 valence electrons. The van der Waals surface area contributed by atoms with Gasteiger partial charge in [0.15, 0.2) is 5.11 Å². The van der Waals surface area contributed by atoms with Gasteiger partial charge in [0.2, 0.25) is 0 Å². The first-order chi connectivity index (χ1) is 8.47. The zero-order valence-electron chi connectivity index (χ0n) is 8.80. The van der Waals surface area contributed by atoms with Crippen LogP contribution in [0.5, 0.6) is 5.75 Å². The van der Waals surface area contributed by atoms with E-state index in [1.165, 1.54) is 6.08 Å². The van der Waals surface area contributed by atoms with Crippen LogP contribution in [-0.2, 0) is 4.79 Å². The van der Waals surface area contributed by atoms with Gasteiger partial charge in [0.1, 0.15) is 5.70 Å². The molecule has 1 aliphatic rings. The number of carbonyl (C=O) groups is 1. The molecule has 1 fully saturated rings. The van der Waals surface area contributed by atoms with Crippen LogP contribution in [0, 0.1) is 10.1 Å². The van der Waals surface area contributed by atoms with Gasteiger partial charge >= 0.3 is 0 Å². The lowest BCUT2D eigenvalue weighted by molar-refractivity contribution is -0.385. The Morgan fingerprint density at radius 2 is 2.06 bits per heavy atom. The molecule has 8 heteroatoms. The zero-order chi connectivity index (χ0) is 13.3. The van der Waals surface area contributed by atoms with Crippen molar-refractivity contribution in [3.8, 4) is 5.75 Å². The number of non-ortho nitro benzene ring substituents is 1. The molecule has 0 atom stereocenters. The van der Waals surface area contributed by atoms with Crippen molar-refractivity contribution in [3.05, 3.63) is 39.6 Å². The summed E-state index contributed by atoms with van der Waals surface area (Å²) < 4.78 is 0. The number of benzene rings is 1. The molecule has 7 nitrogen and oxygen atoms in total. The van der Waals surface area contributed by atoms with E-state index in [1.54, 1.807) is 0 Å². The number of nitro groups is 1. The summed E-state index contributed by atoms with van der Waals surface area (Å²) in [4.78, 5) is 21.3. The van der Waals surface area contributed by atoms with Crippen LogP contribution in [0.2, 0.25) is 0 Å². The van der Waals surface area contributed by atoms with E-state index >= 15 is 0 Å². The standard InChI is InChI=1S/C10H7N3O4S/c14-8-2-1-6(13(16)17)3-5(8)4-7-9(15)12-10(18)11-7/h1-4,14H,(H2,11,12,15,18)/p-1/b7-4-. The van der Waals surface area contributed by atoms with Crippen LogP contribution in [0.4, 0.5) is 5.69 Å². The van der Waals surface area contributed by atoms with E-state index in [1.807, 2.05) is 0 Å². The van der Waals surface area contributed by atoms with E-state index in [0.717, 1.165) is 18.2 Å². The SMILES string of the molecule is O=C1NC(=S)N/C1=C\c1cc([N+](=O)[O-])ccc1[O-]. The second kappa shape index (κ2) is 4.41. The molecule has 1 heterocycles. The molecule has 0 unspecified atom stereocenters. The summed E-state index contributed by atoms with van der Waals surface area (Å²) in [7, 11) is 0. The van der Waals surface area contributed by atoms with E-state index in [0.29, 0.717) is 0 Å². The van der Waals surface area contributed by atoms with Crippen LogP contribution in [0.1, 0.15) is 5.56 Å². The van der Waals surface area contributed by atoms with E-state index in [-0.39, 0.29) is 22.1 Å². The molecule has 18 heavy (non-hydrogen) atoms. The molecule has 0 aromatic heterocycles. The van der Waals surface area contributed by atoms with Crippen molar-refractivity contribution in [1.29, 1.82) is 0 Å². The number of amides is 1. The number of hydrogen-bond acceptors (Lipinski definition) is 5. The first-order valence-corrected chi connectivity index (χ1v) is 5.17. The molecule has 1 aliphatic heterocycles. The molecule has 0 bridgehead atoms. The highest BCUT2D eigenvalue weighted by Crippen LogP contribution is 2.23. The number of nitrogens with zero attached hydrogens (tertiary/aromatic N) is 1. The quantitative estimate of drug-likeness (QED) is 0.337. The Morgan fingerprint density at radius 1 is 1.33 bits per heavy atom. The molecule has 0 radical (unpaired) electrons. The minimum atomic E-state index is -0.617. The van der Waals surface area contributed by atoms with Crippen LogP contribution in [0.15, 0.2) is 23.9 Å². The summed E-state index contributed by atoms with van der Waals surface area (Å²) in [6, 6.07) is 3.29. The van der Waals surface area contributed by atoms with Gasteiger partial charge in [-0.25, -0.2) is 0 Å². The zero-order valence-corrected chi connectivity index (χ0v) is 9.61. The Balaban J connectivity index is 2.42. The minimum absolute atomic E-state index is 0.0477. The third kappa shape index (κ3) is 2.28. The maximum Gasteiger partial charge on any atom is 0.273 e. The van der Waals surface area contributed by atoms with Crippen LogP contribution in [0.25, 0.3) is 6.08 Å². The van der Waals surface area contributed by atoms with Crippen molar-refractivity contribution in [3.63, 3.8) is 0 Å². The van der Waals surface area contributed by atoms with E-state index in [9.17, 15) is 20.0 Å². The number of hydrogen-bond donors (Lipinski definition) is 2.